The van der Waals surface area contributed by atoms with Gasteiger partial charge in [-0.1, -0.05) is 42.5 Å². The summed E-state index contributed by atoms with van der Waals surface area (Å²) in [6, 6.07) is 16.2. The van der Waals surface area contributed by atoms with E-state index in [2.05, 4.69) is 39.4 Å². The van der Waals surface area contributed by atoms with Gasteiger partial charge in [-0.25, -0.2) is 0 Å². The van der Waals surface area contributed by atoms with Crippen LogP contribution in [0.4, 0.5) is 0 Å². The molecule has 3 nitrogen and oxygen atoms in total. The van der Waals surface area contributed by atoms with Gasteiger partial charge in [0.1, 0.15) is 5.69 Å². The van der Waals surface area contributed by atoms with Crippen molar-refractivity contribution in [1.29, 1.82) is 0 Å². The van der Waals surface area contributed by atoms with Crippen LogP contribution in [-0.2, 0) is 13.6 Å². The van der Waals surface area contributed by atoms with Crippen LogP contribution in [0.15, 0.2) is 59.2 Å². The average Bonchev–Trinajstić information content (AvgIpc) is 2.83. The maximum absolute atomic E-state index is 12.2. The van der Waals surface area contributed by atoms with Crippen molar-refractivity contribution in [2.75, 3.05) is 0 Å². The second-order valence-corrected chi connectivity index (χ2v) is 5.89. The lowest BCUT2D eigenvalue weighted by Crippen LogP contribution is -2.24. The summed E-state index contributed by atoms with van der Waals surface area (Å²) in [4.78, 5) is 12.2. The van der Waals surface area contributed by atoms with Crippen LogP contribution < -0.4 is 5.32 Å². The molecular weight excluding hydrogens is 328 g/mol. The summed E-state index contributed by atoms with van der Waals surface area (Å²) in [5.41, 5.74) is 1.76. The molecule has 0 saturated heterocycles. The highest BCUT2D eigenvalue weighted by Gasteiger charge is 2.11. The standard InChI is InChI=1S/C17H15BrN2O/c1-20-11-14(18)9-16(20)17(21)19-10-13-7-4-6-12-5-2-3-8-15(12)13/h2-9,11H,10H2,1H3,(H,19,21). The molecule has 21 heavy (non-hydrogen) atoms. The van der Waals surface area contributed by atoms with E-state index in [0.29, 0.717) is 12.2 Å². The molecule has 0 bridgehead atoms. The van der Waals surface area contributed by atoms with E-state index in [-0.39, 0.29) is 5.91 Å². The van der Waals surface area contributed by atoms with Crippen LogP contribution in [0.2, 0.25) is 0 Å². The van der Waals surface area contributed by atoms with E-state index in [1.165, 1.54) is 10.8 Å². The van der Waals surface area contributed by atoms with Crippen molar-refractivity contribution in [3.05, 3.63) is 70.5 Å². The zero-order valence-corrected chi connectivity index (χ0v) is 13.2. The SMILES string of the molecule is Cn1cc(Br)cc1C(=O)NCc1cccc2ccccc12. The first-order valence-electron chi connectivity index (χ1n) is 6.72. The molecule has 2 aromatic carbocycles. The fourth-order valence-corrected chi connectivity index (χ4v) is 2.99. The Balaban J connectivity index is 1.81. The molecule has 3 rings (SSSR count). The zero-order chi connectivity index (χ0) is 14.8. The normalized spacial score (nSPS) is 10.8. The van der Waals surface area contributed by atoms with Gasteiger partial charge >= 0.3 is 0 Å². The number of benzene rings is 2. The van der Waals surface area contributed by atoms with Crippen LogP contribution in [0.25, 0.3) is 10.8 Å². The van der Waals surface area contributed by atoms with Gasteiger partial charge in [0.15, 0.2) is 0 Å². The molecule has 0 saturated carbocycles. The van der Waals surface area contributed by atoms with Gasteiger partial charge in [-0.2, -0.15) is 0 Å². The molecule has 0 atom stereocenters. The highest BCUT2D eigenvalue weighted by atomic mass is 79.9. The summed E-state index contributed by atoms with van der Waals surface area (Å²) >= 11 is 3.38. The molecule has 0 radical (unpaired) electrons. The molecule has 0 spiro atoms. The molecule has 1 aromatic heterocycles. The topological polar surface area (TPSA) is 34.0 Å². The number of fused-ring (bicyclic) bond motifs is 1. The first-order chi connectivity index (χ1) is 10.1. The van der Waals surface area contributed by atoms with Crippen LogP contribution in [0.5, 0.6) is 0 Å². The number of nitrogens with one attached hydrogen (secondary N) is 1. The van der Waals surface area contributed by atoms with Crippen molar-refractivity contribution in [3.8, 4) is 0 Å². The van der Waals surface area contributed by atoms with Gasteiger partial charge in [0.2, 0.25) is 0 Å². The van der Waals surface area contributed by atoms with Crippen LogP contribution in [0, 0.1) is 0 Å². The van der Waals surface area contributed by atoms with Gasteiger partial charge in [-0.05, 0) is 38.3 Å². The lowest BCUT2D eigenvalue weighted by atomic mass is 10.0. The summed E-state index contributed by atoms with van der Waals surface area (Å²) in [7, 11) is 1.86. The van der Waals surface area contributed by atoms with E-state index in [9.17, 15) is 4.79 Å². The van der Waals surface area contributed by atoms with Crippen molar-refractivity contribution >= 4 is 32.6 Å². The number of carbonyl (C=O) groups excluding carboxylic acids is 1. The molecule has 4 heteroatoms. The number of hydrogen-bond donors (Lipinski definition) is 1. The van der Waals surface area contributed by atoms with Crippen LogP contribution >= 0.6 is 15.9 Å². The van der Waals surface area contributed by atoms with Crippen LogP contribution in [0.1, 0.15) is 16.1 Å². The Morgan fingerprint density at radius 2 is 1.95 bits per heavy atom. The molecule has 1 amide bonds. The maximum Gasteiger partial charge on any atom is 0.268 e. The molecular formula is C17H15BrN2O. The Kier molecular flexibility index (Phi) is 3.80. The molecule has 1 heterocycles. The number of nitrogens with zero attached hydrogens (tertiary/aromatic N) is 1. The molecule has 0 aliphatic rings. The number of rotatable bonds is 3. The maximum atomic E-state index is 12.2. The minimum absolute atomic E-state index is 0.0730. The predicted molar refractivity (Wildman–Crippen MR) is 88.2 cm³/mol. The second kappa shape index (κ2) is 5.74. The summed E-state index contributed by atoms with van der Waals surface area (Å²) in [5, 5.41) is 5.34. The molecule has 106 valence electrons. The van der Waals surface area contributed by atoms with Gasteiger partial charge < -0.3 is 9.88 Å². The van der Waals surface area contributed by atoms with E-state index in [4.69, 9.17) is 0 Å². The summed E-state index contributed by atoms with van der Waals surface area (Å²) in [6.45, 7) is 0.517. The van der Waals surface area contributed by atoms with E-state index in [1.54, 1.807) is 0 Å². The fraction of sp³-hybridized carbons (Fsp3) is 0.118. The number of hydrogen-bond acceptors (Lipinski definition) is 1. The fourth-order valence-electron chi connectivity index (χ4n) is 2.46. The molecule has 3 aromatic rings. The quantitative estimate of drug-likeness (QED) is 0.770. The van der Waals surface area contributed by atoms with Gasteiger partial charge in [-0.3, -0.25) is 4.79 Å². The number of halogens is 1. The van der Waals surface area contributed by atoms with Crippen LogP contribution in [-0.4, -0.2) is 10.5 Å². The van der Waals surface area contributed by atoms with Gasteiger partial charge in [-0.15, -0.1) is 0 Å². The summed E-state index contributed by atoms with van der Waals surface area (Å²) < 4.78 is 2.71. The number of aryl methyl sites for hydroxylation is 1. The third-order valence-corrected chi connectivity index (χ3v) is 3.96. The summed E-state index contributed by atoms with van der Waals surface area (Å²) in [6.07, 6.45) is 1.87. The minimum Gasteiger partial charge on any atom is -0.347 e. The molecule has 1 N–H and O–H groups in total. The van der Waals surface area contributed by atoms with Crippen molar-refractivity contribution in [3.63, 3.8) is 0 Å². The van der Waals surface area contributed by atoms with Gasteiger partial charge in [0.05, 0.1) is 0 Å². The smallest absolute Gasteiger partial charge is 0.268 e. The summed E-state index contributed by atoms with van der Waals surface area (Å²) in [5.74, 6) is -0.0730. The van der Waals surface area contributed by atoms with Gasteiger partial charge in [0.25, 0.3) is 5.91 Å². The Bertz CT molecular complexity index is 802. The van der Waals surface area contributed by atoms with Gasteiger partial charge in [0, 0.05) is 24.3 Å². The second-order valence-electron chi connectivity index (χ2n) is 4.98. The third kappa shape index (κ3) is 2.85. The van der Waals surface area contributed by atoms with Crippen molar-refractivity contribution in [1.82, 2.24) is 9.88 Å². The molecule has 0 aliphatic heterocycles. The Morgan fingerprint density at radius 3 is 2.71 bits per heavy atom. The third-order valence-electron chi connectivity index (χ3n) is 3.52. The molecule has 0 aliphatic carbocycles. The predicted octanol–water partition coefficient (Wildman–Crippen LogP) is 3.87. The van der Waals surface area contributed by atoms with Crippen molar-refractivity contribution in [2.24, 2.45) is 7.05 Å². The number of amides is 1. The largest absolute Gasteiger partial charge is 0.347 e. The lowest BCUT2D eigenvalue weighted by molar-refractivity contribution is 0.0943. The van der Waals surface area contributed by atoms with E-state index < -0.39 is 0 Å². The molecule has 0 fully saturated rings. The Hall–Kier alpha value is -2.07. The Labute approximate surface area is 131 Å². The first kappa shape index (κ1) is 13.9. The molecule has 0 unspecified atom stereocenters. The minimum atomic E-state index is -0.0730. The monoisotopic (exact) mass is 342 g/mol. The number of aromatic nitrogens is 1. The lowest BCUT2D eigenvalue weighted by Gasteiger charge is -2.09. The average molecular weight is 343 g/mol. The number of carbonyl (C=O) groups is 1. The van der Waals surface area contributed by atoms with E-state index >= 15 is 0 Å². The van der Waals surface area contributed by atoms with Crippen molar-refractivity contribution in [2.45, 2.75) is 6.54 Å². The van der Waals surface area contributed by atoms with Crippen LogP contribution in [0.3, 0.4) is 0 Å². The first-order valence-corrected chi connectivity index (χ1v) is 7.51. The van der Waals surface area contributed by atoms with Crippen molar-refractivity contribution < 1.29 is 4.79 Å². The highest BCUT2D eigenvalue weighted by Crippen LogP contribution is 2.18. The van der Waals surface area contributed by atoms with E-state index in [1.807, 2.05) is 48.1 Å². The zero-order valence-electron chi connectivity index (χ0n) is 11.6. The highest BCUT2D eigenvalue weighted by molar-refractivity contribution is 9.10. The van der Waals surface area contributed by atoms with E-state index in [0.717, 1.165) is 10.0 Å². The Morgan fingerprint density at radius 1 is 1.19 bits per heavy atom.